The quantitative estimate of drug-likeness (QED) is 0.528. The Bertz CT molecular complexity index is 963. The molecule has 1 N–H and O–H groups in total. The molecular weight excluding hydrogens is 384 g/mol. The highest BCUT2D eigenvalue weighted by Crippen LogP contribution is 2.34. The Morgan fingerprint density at radius 3 is 2.48 bits per heavy atom. The van der Waals surface area contributed by atoms with Gasteiger partial charge in [-0.25, -0.2) is 4.98 Å². The minimum Gasteiger partial charge on any atom is -0.493 e. The molecule has 1 saturated carbocycles. The SMILES string of the molecule is CC(=O)N[C@H](C)c1ccc(-c2cnc(Oc3ccc(OCC4CC4)cc3)s2)cc1. The van der Waals surface area contributed by atoms with Gasteiger partial charge in [-0.05, 0) is 61.1 Å². The van der Waals surface area contributed by atoms with Crippen molar-refractivity contribution < 1.29 is 14.3 Å². The van der Waals surface area contributed by atoms with Crippen LogP contribution in [0.4, 0.5) is 0 Å². The highest BCUT2D eigenvalue weighted by molar-refractivity contribution is 7.16. The molecule has 29 heavy (non-hydrogen) atoms. The van der Waals surface area contributed by atoms with E-state index in [4.69, 9.17) is 9.47 Å². The molecule has 5 nitrogen and oxygen atoms in total. The predicted octanol–water partition coefficient (Wildman–Crippen LogP) is 5.59. The number of carbonyl (C=O) groups is 1. The Balaban J connectivity index is 1.37. The highest BCUT2D eigenvalue weighted by atomic mass is 32.1. The van der Waals surface area contributed by atoms with E-state index in [1.165, 1.54) is 31.1 Å². The van der Waals surface area contributed by atoms with Gasteiger partial charge in [0.25, 0.3) is 5.19 Å². The van der Waals surface area contributed by atoms with E-state index in [0.29, 0.717) is 5.19 Å². The van der Waals surface area contributed by atoms with Crippen LogP contribution in [0.15, 0.2) is 54.7 Å². The van der Waals surface area contributed by atoms with Crippen LogP contribution < -0.4 is 14.8 Å². The lowest BCUT2D eigenvalue weighted by Crippen LogP contribution is -2.23. The number of rotatable bonds is 8. The number of ether oxygens (including phenoxy) is 2. The third-order valence-corrected chi connectivity index (χ3v) is 5.74. The number of nitrogens with zero attached hydrogens (tertiary/aromatic N) is 1. The Hall–Kier alpha value is -2.86. The van der Waals surface area contributed by atoms with Gasteiger partial charge in [0, 0.05) is 13.1 Å². The van der Waals surface area contributed by atoms with E-state index >= 15 is 0 Å². The summed E-state index contributed by atoms with van der Waals surface area (Å²) in [6.07, 6.45) is 4.38. The zero-order valence-corrected chi connectivity index (χ0v) is 17.4. The Labute approximate surface area is 174 Å². The minimum atomic E-state index is -0.0340. The number of hydrogen-bond acceptors (Lipinski definition) is 5. The lowest BCUT2D eigenvalue weighted by Gasteiger charge is -2.13. The summed E-state index contributed by atoms with van der Waals surface area (Å²) in [5.74, 6) is 2.32. The normalized spacial score (nSPS) is 14.3. The Morgan fingerprint density at radius 2 is 1.83 bits per heavy atom. The fourth-order valence-electron chi connectivity index (χ4n) is 2.97. The molecule has 4 rings (SSSR count). The molecule has 0 saturated heterocycles. The lowest BCUT2D eigenvalue weighted by molar-refractivity contribution is -0.119. The summed E-state index contributed by atoms with van der Waals surface area (Å²) in [6, 6.07) is 15.8. The maximum atomic E-state index is 11.2. The van der Waals surface area contributed by atoms with Crippen molar-refractivity contribution in [1.82, 2.24) is 10.3 Å². The van der Waals surface area contributed by atoms with E-state index in [2.05, 4.69) is 10.3 Å². The average molecular weight is 409 g/mol. The van der Waals surface area contributed by atoms with Crippen molar-refractivity contribution in [1.29, 1.82) is 0 Å². The summed E-state index contributed by atoms with van der Waals surface area (Å²) < 4.78 is 11.6. The molecule has 0 bridgehead atoms. The molecule has 6 heteroatoms. The molecule has 2 aromatic carbocycles. The Morgan fingerprint density at radius 1 is 1.14 bits per heavy atom. The smallest absolute Gasteiger partial charge is 0.279 e. The summed E-state index contributed by atoms with van der Waals surface area (Å²) in [4.78, 5) is 16.6. The topological polar surface area (TPSA) is 60.5 Å². The van der Waals surface area contributed by atoms with Crippen LogP contribution in [0.1, 0.15) is 38.3 Å². The number of hydrogen-bond donors (Lipinski definition) is 1. The monoisotopic (exact) mass is 408 g/mol. The van der Waals surface area contributed by atoms with Crippen LogP contribution in [-0.2, 0) is 4.79 Å². The van der Waals surface area contributed by atoms with Crippen LogP contribution in [-0.4, -0.2) is 17.5 Å². The van der Waals surface area contributed by atoms with Gasteiger partial charge in [0.05, 0.1) is 17.5 Å². The maximum absolute atomic E-state index is 11.2. The summed E-state index contributed by atoms with van der Waals surface area (Å²) in [5, 5.41) is 3.49. The number of thiazole rings is 1. The van der Waals surface area contributed by atoms with Gasteiger partial charge in [-0.1, -0.05) is 35.6 Å². The summed E-state index contributed by atoms with van der Waals surface area (Å²) in [6.45, 7) is 4.30. The van der Waals surface area contributed by atoms with Gasteiger partial charge in [0.15, 0.2) is 0 Å². The van der Waals surface area contributed by atoms with Crippen molar-refractivity contribution in [3.63, 3.8) is 0 Å². The van der Waals surface area contributed by atoms with Crippen LogP contribution in [0.5, 0.6) is 16.7 Å². The molecule has 150 valence electrons. The maximum Gasteiger partial charge on any atom is 0.279 e. The predicted molar refractivity (Wildman–Crippen MR) is 115 cm³/mol. The highest BCUT2D eigenvalue weighted by Gasteiger charge is 2.21. The molecule has 0 spiro atoms. The van der Waals surface area contributed by atoms with Gasteiger partial charge in [-0.2, -0.15) is 0 Å². The van der Waals surface area contributed by atoms with Crippen molar-refractivity contribution in [2.45, 2.75) is 32.7 Å². The first-order valence-corrected chi connectivity index (χ1v) is 10.6. The summed E-state index contributed by atoms with van der Waals surface area (Å²) >= 11 is 1.50. The van der Waals surface area contributed by atoms with E-state index in [1.54, 1.807) is 0 Å². The zero-order chi connectivity index (χ0) is 20.2. The van der Waals surface area contributed by atoms with Gasteiger partial charge in [0.2, 0.25) is 5.91 Å². The molecule has 1 heterocycles. The molecule has 1 fully saturated rings. The third-order valence-electron chi connectivity index (χ3n) is 4.81. The molecule has 1 aliphatic rings. The first-order valence-electron chi connectivity index (χ1n) is 9.81. The fourth-order valence-corrected chi connectivity index (χ4v) is 3.76. The van der Waals surface area contributed by atoms with Crippen LogP contribution in [0.25, 0.3) is 10.4 Å². The van der Waals surface area contributed by atoms with Crippen LogP contribution >= 0.6 is 11.3 Å². The second-order valence-electron chi connectivity index (χ2n) is 7.36. The first-order chi connectivity index (χ1) is 14.1. The molecule has 1 atom stereocenters. The molecule has 0 radical (unpaired) electrons. The summed E-state index contributed by atoms with van der Waals surface area (Å²) in [5.41, 5.74) is 2.13. The average Bonchev–Trinajstić information content (AvgIpc) is 3.44. The van der Waals surface area contributed by atoms with Gasteiger partial charge in [-0.15, -0.1) is 0 Å². The standard InChI is InChI=1S/C23H24N2O3S/c1-15(25-16(2)26)18-5-7-19(8-6-18)22-13-24-23(29-22)28-21-11-9-20(10-12-21)27-14-17-3-4-17/h5-13,15,17H,3-4,14H2,1-2H3,(H,25,26)/t15-/m1/s1. The molecule has 1 aromatic heterocycles. The molecule has 3 aromatic rings. The molecule has 1 amide bonds. The zero-order valence-electron chi connectivity index (χ0n) is 16.6. The van der Waals surface area contributed by atoms with E-state index in [-0.39, 0.29) is 11.9 Å². The van der Waals surface area contributed by atoms with E-state index < -0.39 is 0 Å². The molecular formula is C23H24N2O3S. The number of benzene rings is 2. The number of nitrogens with one attached hydrogen (secondary N) is 1. The molecule has 0 aliphatic heterocycles. The largest absolute Gasteiger partial charge is 0.493 e. The number of carbonyl (C=O) groups excluding carboxylic acids is 1. The van der Waals surface area contributed by atoms with E-state index in [9.17, 15) is 4.79 Å². The van der Waals surface area contributed by atoms with E-state index in [0.717, 1.165) is 40.0 Å². The van der Waals surface area contributed by atoms with Crippen molar-refractivity contribution in [3.8, 4) is 27.1 Å². The van der Waals surface area contributed by atoms with Crippen LogP contribution in [0, 0.1) is 5.92 Å². The van der Waals surface area contributed by atoms with Crippen molar-refractivity contribution in [3.05, 3.63) is 60.3 Å². The van der Waals surface area contributed by atoms with Crippen molar-refractivity contribution in [2.75, 3.05) is 6.61 Å². The second-order valence-corrected chi connectivity index (χ2v) is 8.36. The Kier molecular flexibility index (Phi) is 5.81. The van der Waals surface area contributed by atoms with Gasteiger partial charge in [0.1, 0.15) is 11.5 Å². The molecule has 0 unspecified atom stereocenters. The second kappa shape index (κ2) is 8.66. The van der Waals surface area contributed by atoms with Crippen LogP contribution in [0.3, 0.4) is 0 Å². The lowest BCUT2D eigenvalue weighted by atomic mass is 10.1. The van der Waals surface area contributed by atoms with Crippen molar-refractivity contribution in [2.24, 2.45) is 5.92 Å². The van der Waals surface area contributed by atoms with Gasteiger partial charge < -0.3 is 14.8 Å². The molecule has 1 aliphatic carbocycles. The van der Waals surface area contributed by atoms with E-state index in [1.807, 2.05) is 61.7 Å². The van der Waals surface area contributed by atoms with Gasteiger partial charge in [-0.3, -0.25) is 4.79 Å². The number of aromatic nitrogens is 1. The van der Waals surface area contributed by atoms with Crippen LogP contribution in [0.2, 0.25) is 0 Å². The fraction of sp³-hybridized carbons (Fsp3) is 0.304. The number of amides is 1. The van der Waals surface area contributed by atoms with Gasteiger partial charge >= 0.3 is 0 Å². The third kappa shape index (κ3) is 5.35. The van der Waals surface area contributed by atoms with Crippen molar-refractivity contribution >= 4 is 17.2 Å². The minimum absolute atomic E-state index is 0.0156. The first kappa shape index (κ1) is 19.5. The summed E-state index contributed by atoms with van der Waals surface area (Å²) in [7, 11) is 0.